The van der Waals surface area contributed by atoms with E-state index >= 15 is 0 Å². The molecule has 0 bridgehead atoms. The van der Waals surface area contributed by atoms with Crippen molar-refractivity contribution in [1.29, 1.82) is 0 Å². The summed E-state index contributed by atoms with van der Waals surface area (Å²) in [5.74, 6) is -0.366. The average Bonchev–Trinajstić information content (AvgIpc) is 2.78. The highest BCUT2D eigenvalue weighted by Gasteiger charge is 2.24. The number of halogens is 1. The molecule has 1 fully saturated rings. The van der Waals surface area contributed by atoms with Gasteiger partial charge in [-0.05, 0) is 37.1 Å². The average molecular weight is 249 g/mol. The number of benzene rings is 1. The molecule has 1 aliphatic heterocycles. The van der Waals surface area contributed by atoms with Crippen LogP contribution >= 0.6 is 0 Å². The summed E-state index contributed by atoms with van der Waals surface area (Å²) in [5.41, 5.74) is 1.39. The van der Waals surface area contributed by atoms with Gasteiger partial charge < -0.3 is 10.0 Å². The minimum atomic E-state index is -0.410. The molecular formula is C14H16FNO2. The number of carbonyl (C=O) groups excluding carboxylic acids is 1. The van der Waals surface area contributed by atoms with Gasteiger partial charge in [-0.15, -0.1) is 0 Å². The largest absolute Gasteiger partial charge is 0.391 e. The van der Waals surface area contributed by atoms with E-state index in [-0.39, 0.29) is 11.7 Å². The summed E-state index contributed by atoms with van der Waals surface area (Å²) in [5, 5.41) is 9.40. The van der Waals surface area contributed by atoms with Gasteiger partial charge in [0.15, 0.2) is 0 Å². The van der Waals surface area contributed by atoms with Crippen LogP contribution < -0.4 is 0 Å². The van der Waals surface area contributed by atoms with Crippen molar-refractivity contribution in [3.8, 4) is 0 Å². The van der Waals surface area contributed by atoms with Gasteiger partial charge in [-0.2, -0.15) is 0 Å². The fourth-order valence-corrected chi connectivity index (χ4v) is 2.05. The van der Waals surface area contributed by atoms with E-state index in [2.05, 4.69) is 0 Å². The number of aliphatic hydroxyl groups is 1. The third-order valence-corrected chi connectivity index (χ3v) is 3.04. The monoisotopic (exact) mass is 249 g/mol. The SMILES string of the molecule is CC(=Cc1ccc(F)cc1)C(=O)N1CC[C@@H](O)C1. The van der Waals surface area contributed by atoms with Crippen LogP contribution in [0.4, 0.5) is 4.39 Å². The Morgan fingerprint density at radius 2 is 2.11 bits per heavy atom. The van der Waals surface area contributed by atoms with E-state index in [1.165, 1.54) is 12.1 Å². The molecule has 18 heavy (non-hydrogen) atoms. The molecule has 1 amide bonds. The van der Waals surface area contributed by atoms with Crippen molar-refractivity contribution < 1.29 is 14.3 Å². The maximum Gasteiger partial charge on any atom is 0.249 e. The number of hydrogen-bond donors (Lipinski definition) is 1. The van der Waals surface area contributed by atoms with Gasteiger partial charge in [-0.3, -0.25) is 4.79 Å². The molecule has 0 radical (unpaired) electrons. The predicted molar refractivity (Wildman–Crippen MR) is 67.3 cm³/mol. The molecule has 4 heteroatoms. The number of rotatable bonds is 2. The molecule has 0 saturated carbocycles. The summed E-state index contributed by atoms with van der Waals surface area (Å²) < 4.78 is 12.7. The van der Waals surface area contributed by atoms with Crippen LogP contribution in [0.3, 0.4) is 0 Å². The van der Waals surface area contributed by atoms with Gasteiger partial charge in [0.1, 0.15) is 5.82 Å². The Kier molecular flexibility index (Phi) is 3.77. The molecule has 1 heterocycles. The zero-order chi connectivity index (χ0) is 13.1. The predicted octanol–water partition coefficient (Wildman–Crippen LogP) is 1.82. The van der Waals surface area contributed by atoms with Crippen molar-refractivity contribution in [3.63, 3.8) is 0 Å². The summed E-state index contributed by atoms with van der Waals surface area (Å²) in [6, 6.07) is 5.99. The Morgan fingerprint density at radius 3 is 2.67 bits per heavy atom. The Labute approximate surface area is 106 Å². The maximum atomic E-state index is 12.7. The molecule has 0 spiro atoms. The van der Waals surface area contributed by atoms with Crippen LogP contribution in [-0.2, 0) is 4.79 Å². The minimum absolute atomic E-state index is 0.0733. The van der Waals surface area contributed by atoms with Crippen LogP contribution in [0.15, 0.2) is 29.8 Å². The minimum Gasteiger partial charge on any atom is -0.391 e. The quantitative estimate of drug-likeness (QED) is 0.812. The van der Waals surface area contributed by atoms with Crippen molar-refractivity contribution in [2.24, 2.45) is 0 Å². The third kappa shape index (κ3) is 2.96. The van der Waals surface area contributed by atoms with E-state index in [0.29, 0.717) is 25.1 Å². The molecule has 1 aliphatic rings. The number of nitrogens with zero attached hydrogens (tertiary/aromatic N) is 1. The zero-order valence-electron chi connectivity index (χ0n) is 10.3. The first-order valence-corrected chi connectivity index (χ1v) is 5.97. The summed E-state index contributed by atoms with van der Waals surface area (Å²) in [6.45, 7) is 2.72. The van der Waals surface area contributed by atoms with Gasteiger partial charge in [0.25, 0.3) is 0 Å². The van der Waals surface area contributed by atoms with Gasteiger partial charge in [0, 0.05) is 18.7 Å². The summed E-state index contributed by atoms with van der Waals surface area (Å²) >= 11 is 0. The van der Waals surface area contributed by atoms with E-state index in [4.69, 9.17) is 0 Å². The second kappa shape index (κ2) is 5.31. The lowest BCUT2D eigenvalue weighted by atomic mass is 10.1. The van der Waals surface area contributed by atoms with Crippen molar-refractivity contribution in [2.45, 2.75) is 19.4 Å². The molecule has 0 aliphatic carbocycles. The highest BCUT2D eigenvalue weighted by Crippen LogP contribution is 2.15. The van der Waals surface area contributed by atoms with E-state index in [1.807, 2.05) is 0 Å². The summed E-state index contributed by atoms with van der Waals surface area (Å²) in [6.07, 6.45) is 1.95. The van der Waals surface area contributed by atoms with Crippen molar-refractivity contribution in [3.05, 3.63) is 41.2 Å². The summed E-state index contributed by atoms with van der Waals surface area (Å²) in [7, 11) is 0. The van der Waals surface area contributed by atoms with E-state index in [1.54, 1.807) is 30.0 Å². The molecule has 1 atom stereocenters. The normalized spacial score (nSPS) is 20.3. The standard InChI is InChI=1S/C14H16FNO2/c1-10(8-11-2-4-12(15)5-3-11)14(18)16-7-6-13(17)9-16/h2-5,8,13,17H,6-7,9H2,1H3/t13-/m1/s1. The fraction of sp³-hybridized carbons (Fsp3) is 0.357. The zero-order valence-corrected chi connectivity index (χ0v) is 10.3. The molecule has 1 N–H and O–H groups in total. The number of hydrogen-bond acceptors (Lipinski definition) is 2. The molecule has 3 nitrogen and oxygen atoms in total. The van der Waals surface area contributed by atoms with Crippen LogP contribution in [0.5, 0.6) is 0 Å². The molecule has 2 rings (SSSR count). The second-order valence-corrected chi connectivity index (χ2v) is 4.57. The van der Waals surface area contributed by atoms with Crippen molar-refractivity contribution >= 4 is 12.0 Å². The first-order chi connectivity index (χ1) is 8.56. The molecule has 1 saturated heterocycles. The van der Waals surface area contributed by atoms with Gasteiger partial charge in [-0.25, -0.2) is 4.39 Å². The molecular weight excluding hydrogens is 233 g/mol. The molecule has 96 valence electrons. The number of amides is 1. The molecule has 1 aromatic rings. The van der Waals surface area contributed by atoms with Crippen LogP contribution in [0.2, 0.25) is 0 Å². The Balaban J connectivity index is 2.08. The molecule has 1 aromatic carbocycles. The molecule has 0 aromatic heterocycles. The Bertz CT molecular complexity index is 467. The van der Waals surface area contributed by atoms with Crippen LogP contribution in [-0.4, -0.2) is 35.1 Å². The number of carbonyl (C=O) groups is 1. The number of aliphatic hydroxyl groups excluding tert-OH is 1. The molecule has 0 unspecified atom stereocenters. The highest BCUT2D eigenvalue weighted by atomic mass is 19.1. The van der Waals surface area contributed by atoms with E-state index in [0.717, 1.165) is 5.56 Å². The lowest BCUT2D eigenvalue weighted by molar-refractivity contribution is -0.126. The van der Waals surface area contributed by atoms with E-state index < -0.39 is 6.10 Å². The Morgan fingerprint density at radius 1 is 1.44 bits per heavy atom. The smallest absolute Gasteiger partial charge is 0.249 e. The Hall–Kier alpha value is -1.68. The van der Waals surface area contributed by atoms with Crippen molar-refractivity contribution in [2.75, 3.05) is 13.1 Å². The number of likely N-dealkylation sites (tertiary alicyclic amines) is 1. The second-order valence-electron chi connectivity index (χ2n) is 4.57. The van der Waals surface area contributed by atoms with Crippen molar-refractivity contribution in [1.82, 2.24) is 4.90 Å². The lowest BCUT2D eigenvalue weighted by Crippen LogP contribution is -2.30. The fourth-order valence-electron chi connectivity index (χ4n) is 2.05. The van der Waals surface area contributed by atoms with Crippen LogP contribution in [0, 0.1) is 5.82 Å². The van der Waals surface area contributed by atoms with Gasteiger partial charge in [0.05, 0.1) is 6.10 Å². The van der Waals surface area contributed by atoms with Gasteiger partial charge in [0.2, 0.25) is 5.91 Å². The first-order valence-electron chi connectivity index (χ1n) is 5.97. The maximum absolute atomic E-state index is 12.7. The first kappa shape index (κ1) is 12.8. The summed E-state index contributed by atoms with van der Waals surface area (Å²) in [4.78, 5) is 13.7. The van der Waals surface area contributed by atoms with E-state index in [9.17, 15) is 14.3 Å². The number of β-amino-alcohol motifs (C(OH)–C–C–N with tert-alkyl or cyclic N) is 1. The third-order valence-electron chi connectivity index (χ3n) is 3.04. The van der Waals surface area contributed by atoms with Gasteiger partial charge >= 0.3 is 0 Å². The lowest BCUT2D eigenvalue weighted by Gasteiger charge is -2.15. The topological polar surface area (TPSA) is 40.5 Å². The highest BCUT2D eigenvalue weighted by molar-refractivity contribution is 5.97. The van der Waals surface area contributed by atoms with Crippen LogP contribution in [0.1, 0.15) is 18.9 Å². The van der Waals surface area contributed by atoms with Gasteiger partial charge in [-0.1, -0.05) is 12.1 Å². The van der Waals surface area contributed by atoms with Crippen LogP contribution in [0.25, 0.3) is 6.08 Å².